The lowest BCUT2D eigenvalue weighted by molar-refractivity contribution is 0.0203. The van der Waals surface area contributed by atoms with Gasteiger partial charge in [0.25, 0.3) is 0 Å². The van der Waals surface area contributed by atoms with Crippen molar-refractivity contribution < 1.29 is 10.2 Å². The summed E-state index contributed by atoms with van der Waals surface area (Å²) < 4.78 is 1.75. The van der Waals surface area contributed by atoms with Crippen molar-refractivity contribution in [3.63, 3.8) is 0 Å². The van der Waals surface area contributed by atoms with Crippen LogP contribution in [0, 0.1) is 0 Å². The van der Waals surface area contributed by atoms with Gasteiger partial charge in [0.05, 0.1) is 17.8 Å². The molecular formula is C12H17N3O2. The summed E-state index contributed by atoms with van der Waals surface area (Å²) in [4.78, 5) is 0. The van der Waals surface area contributed by atoms with Crippen LogP contribution < -0.4 is 5.32 Å². The first kappa shape index (κ1) is 12.0. The molecule has 0 aliphatic rings. The fourth-order valence-electron chi connectivity index (χ4n) is 1.89. The Morgan fingerprint density at radius 1 is 1.41 bits per heavy atom. The fraction of sp³-hybridized carbons (Fsp3) is 0.417. The summed E-state index contributed by atoms with van der Waals surface area (Å²) in [7, 11) is 3.59. The third-order valence-corrected chi connectivity index (χ3v) is 2.89. The lowest BCUT2D eigenvalue weighted by atomic mass is 10.0. The van der Waals surface area contributed by atoms with Gasteiger partial charge in [0.2, 0.25) is 0 Å². The first-order chi connectivity index (χ1) is 8.13. The monoisotopic (exact) mass is 235 g/mol. The lowest BCUT2D eigenvalue weighted by Crippen LogP contribution is -2.29. The maximum Gasteiger partial charge on any atom is 0.106 e. The number of aryl methyl sites for hydroxylation is 1. The van der Waals surface area contributed by atoms with Crippen LogP contribution in [0.2, 0.25) is 0 Å². The number of likely N-dealkylation sites (N-methyl/N-ethyl adjacent to an activating group) is 1. The first-order valence-corrected chi connectivity index (χ1v) is 5.56. The Bertz CT molecular complexity index is 509. The highest BCUT2D eigenvalue weighted by Gasteiger charge is 2.18. The van der Waals surface area contributed by atoms with Crippen LogP contribution in [0.25, 0.3) is 10.9 Å². The summed E-state index contributed by atoms with van der Waals surface area (Å²) in [6, 6.07) is 5.56. The van der Waals surface area contributed by atoms with Crippen molar-refractivity contribution in [1.82, 2.24) is 15.1 Å². The van der Waals surface area contributed by atoms with Crippen LogP contribution in [0.3, 0.4) is 0 Å². The highest BCUT2D eigenvalue weighted by molar-refractivity contribution is 5.79. The van der Waals surface area contributed by atoms with Gasteiger partial charge in [-0.15, -0.1) is 0 Å². The van der Waals surface area contributed by atoms with E-state index in [-0.39, 0.29) is 0 Å². The molecule has 5 heteroatoms. The van der Waals surface area contributed by atoms with Gasteiger partial charge in [-0.2, -0.15) is 5.10 Å². The van der Waals surface area contributed by atoms with Crippen LogP contribution in [0.4, 0.5) is 0 Å². The van der Waals surface area contributed by atoms with E-state index in [2.05, 4.69) is 10.4 Å². The Balaban J connectivity index is 2.32. The molecule has 5 nitrogen and oxygen atoms in total. The molecule has 2 unspecified atom stereocenters. The zero-order valence-electron chi connectivity index (χ0n) is 9.96. The number of hydrogen-bond donors (Lipinski definition) is 3. The molecule has 0 aliphatic carbocycles. The van der Waals surface area contributed by atoms with Crippen LogP contribution in [0.1, 0.15) is 11.7 Å². The van der Waals surface area contributed by atoms with Crippen molar-refractivity contribution in [2.24, 2.45) is 7.05 Å². The molecule has 0 spiro atoms. The quantitative estimate of drug-likeness (QED) is 0.707. The van der Waals surface area contributed by atoms with Gasteiger partial charge in [-0.1, -0.05) is 12.1 Å². The van der Waals surface area contributed by atoms with Gasteiger partial charge in [0.1, 0.15) is 6.10 Å². The average molecular weight is 235 g/mol. The third kappa shape index (κ3) is 2.31. The Morgan fingerprint density at radius 3 is 2.88 bits per heavy atom. The van der Waals surface area contributed by atoms with Gasteiger partial charge >= 0.3 is 0 Å². The van der Waals surface area contributed by atoms with Gasteiger partial charge < -0.3 is 15.5 Å². The molecule has 0 fully saturated rings. The second-order valence-corrected chi connectivity index (χ2v) is 4.16. The molecule has 2 rings (SSSR count). The van der Waals surface area contributed by atoms with Crippen molar-refractivity contribution in [2.45, 2.75) is 12.2 Å². The summed E-state index contributed by atoms with van der Waals surface area (Å²) in [6.07, 6.45) is 0.0719. The van der Waals surface area contributed by atoms with Crippen molar-refractivity contribution in [2.75, 3.05) is 13.6 Å². The number of nitrogens with one attached hydrogen (secondary N) is 1. The van der Waals surface area contributed by atoms with E-state index in [1.807, 2.05) is 25.2 Å². The Hall–Kier alpha value is -1.43. The number of hydrogen-bond acceptors (Lipinski definition) is 4. The summed E-state index contributed by atoms with van der Waals surface area (Å²) in [5, 5.41) is 27.7. The van der Waals surface area contributed by atoms with Crippen molar-refractivity contribution in [3.8, 4) is 0 Å². The predicted octanol–water partition coefficient (Wildman–Crippen LogP) is 0.187. The SMILES string of the molecule is CNCC(O)C(O)c1ccc2cnn(C)c2c1. The zero-order chi connectivity index (χ0) is 12.4. The van der Waals surface area contributed by atoms with E-state index in [9.17, 15) is 10.2 Å². The predicted molar refractivity (Wildman–Crippen MR) is 65.6 cm³/mol. The average Bonchev–Trinajstić information content (AvgIpc) is 2.70. The fourth-order valence-corrected chi connectivity index (χ4v) is 1.89. The van der Waals surface area contributed by atoms with E-state index in [1.54, 1.807) is 17.9 Å². The van der Waals surface area contributed by atoms with Crippen LogP contribution >= 0.6 is 0 Å². The molecule has 17 heavy (non-hydrogen) atoms. The summed E-state index contributed by atoms with van der Waals surface area (Å²) in [6.45, 7) is 0.352. The van der Waals surface area contributed by atoms with E-state index in [4.69, 9.17) is 0 Å². The van der Waals surface area contributed by atoms with E-state index in [0.717, 1.165) is 10.9 Å². The highest BCUT2D eigenvalue weighted by Crippen LogP contribution is 2.21. The number of aliphatic hydroxyl groups is 2. The molecule has 1 aromatic carbocycles. The maximum atomic E-state index is 9.99. The molecule has 0 saturated heterocycles. The second kappa shape index (κ2) is 4.83. The van der Waals surface area contributed by atoms with Gasteiger partial charge in [-0.3, -0.25) is 4.68 Å². The van der Waals surface area contributed by atoms with E-state index < -0.39 is 12.2 Å². The molecule has 2 atom stereocenters. The van der Waals surface area contributed by atoms with E-state index in [1.165, 1.54) is 0 Å². The largest absolute Gasteiger partial charge is 0.389 e. The van der Waals surface area contributed by atoms with Crippen LogP contribution in [0.15, 0.2) is 24.4 Å². The molecule has 0 bridgehead atoms. The third-order valence-electron chi connectivity index (χ3n) is 2.89. The van der Waals surface area contributed by atoms with Crippen molar-refractivity contribution in [1.29, 1.82) is 0 Å². The molecule has 0 radical (unpaired) electrons. The van der Waals surface area contributed by atoms with Gasteiger partial charge in [0.15, 0.2) is 0 Å². The Morgan fingerprint density at radius 2 is 2.18 bits per heavy atom. The normalized spacial score (nSPS) is 15.1. The molecular weight excluding hydrogens is 218 g/mol. The standard InChI is InChI=1S/C12H17N3O2/c1-13-7-11(16)12(17)8-3-4-9-6-14-15(2)10(9)5-8/h3-6,11-13,16-17H,7H2,1-2H3. The van der Waals surface area contributed by atoms with Crippen LogP contribution in [-0.2, 0) is 7.05 Å². The molecule has 92 valence electrons. The number of rotatable bonds is 4. The molecule has 1 heterocycles. The molecule has 3 N–H and O–H groups in total. The molecule has 0 aliphatic heterocycles. The summed E-state index contributed by atoms with van der Waals surface area (Å²) in [5.74, 6) is 0. The molecule has 0 amide bonds. The molecule has 1 aromatic heterocycles. The summed E-state index contributed by atoms with van der Waals surface area (Å²) in [5.41, 5.74) is 1.64. The second-order valence-electron chi connectivity index (χ2n) is 4.16. The number of fused-ring (bicyclic) bond motifs is 1. The zero-order valence-corrected chi connectivity index (χ0v) is 9.96. The smallest absolute Gasteiger partial charge is 0.106 e. The van der Waals surface area contributed by atoms with Crippen molar-refractivity contribution in [3.05, 3.63) is 30.0 Å². The van der Waals surface area contributed by atoms with Gasteiger partial charge in [-0.25, -0.2) is 0 Å². The number of benzene rings is 1. The molecule has 2 aromatic rings. The summed E-state index contributed by atoms with van der Waals surface area (Å²) >= 11 is 0. The number of nitrogens with zero attached hydrogens (tertiary/aromatic N) is 2. The number of aromatic nitrogens is 2. The van der Waals surface area contributed by atoms with E-state index in [0.29, 0.717) is 12.1 Å². The van der Waals surface area contributed by atoms with Crippen molar-refractivity contribution >= 4 is 10.9 Å². The highest BCUT2D eigenvalue weighted by atomic mass is 16.3. The van der Waals surface area contributed by atoms with Gasteiger partial charge in [-0.05, 0) is 18.7 Å². The minimum absolute atomic E-state index is 0.352. The Labute approximate surface area is 99.7 Å². The van der Waals surface area contributed by atoms with Gasteiger partial charge in [0, 0.05) is 19.0 Å². The minimum Gasteiger partial charge on any atom is -0.389 e. The first-order valence-electron chi connectivity index (χ1n) is 5.56. The Kier molecular flexibility index (Phi) is 3.42. The van der Waals surface area contributed by atoms with Crippen LogP contribution in [0.5, 0.6) is 0 Å². The molecule has 0 saturated carbocycles. The topological polar surface area (TPSA) is 70.3 Å². The van der Waals surface area contributed by atoms with Crippen LogP contribution in [-0.4, -0.2) is 39.7 Å². The lowest BCUT2D eigenvalue weighted by Gasteiger charge is -2.17. The maximum absolute atomic E-state index is 9.99. The number of aliphatic hydroxyl groups excluding tert-OH is 2. The van der Waals surface area contributed by atoms with E-state index >= 15 is 0 Å². The minimum atomic E-state index is -0.887.